The minimum Gasteiger partial charge on any atom is -0.356 e. The van der Waals surface area contributed by atoms with Gasteiger partial charge in [0.1, 0.15) is 0 Å². The van der Waals surface area contributed by atoms with Crippen molar-refractivity contribution in [3.63, 3.8) is 0 Å². The number of hydrogen-bond donors (Lipinski definition) is 1. The molecule has 2 fully saturated rings. The van der Waals surface area contributed by atoms with E-state index in [9.17, 15) is 0 Å². The highest BCUT2D eigenvalue weighted by molar-refractivity contribution is 5.80. The number of hydrogen-bond acceptors (Lipinski definition) is 2. The van der Waals surface area contributed by atoms with Crippen molar-refractivity contribution < 1.29 is 0 Å². The average molecular weight is 280 g/mol. The van der Waals surface area contributed by atoms with E-state index in [0.29, 0.717) is 5.41 Å². The highest BCUT2D eigenvalue weighted by atomic mass is 15.3. The zero-order valence-electron chi connectivity index (χ0n) is 13.6. The molecule has 2 aliphatic rings. The molecule has 1 N–H and O–H groups in total. The third-order valence-corrected chi connectivity index (χ3v) is 4.57. The lowest BCUT2D eigenvalue weighted by Gasteiger charge is -2.23. The molecule has 0 aromatic carbocycles. The van der Waals surface area contributed by atoms with Crippen LogP contribution in [0.15, 0.2) is 4.99 Å². The Kier molecular flexibility index (Phi) is 5.70. The minimum atomic E-state index is 0.438. The van der Waals surface area contributed by atoms with Gasteiger partial charge in [0.05, 0.1) is 0 Å². The Balaban J connectivity index is 1.59. The standard InChI is InChI=1S/C16H32N4/c1-16(2)8-13-20(14-16)15(17-3)18-9-4-5-10-19-11-6-7-12-19/h4-14H2,1-3H3,(H,17,18). The lowest BCUT2D eigenvalue weighted by molar-refractivity contribution is 0.329. The van der Waals surface area contributed by atoms with Crippen molar-refractivity contribution in [1.82, 2.24) is 15.1 Å². The van der Waals surface area contributed by atoms with Crippen LogP contribution < -0.4 is 5.32 Å². The second-order valence-electron chi connectivity index (χ2n) is 7.07. The maximum absolute atomic E-state index is 4.43. The second-order valence-corrected chi connectivity index (χ2v) is 7.07. The van der Waals surface area contributed by atoms with Crippen LogP contribution in [-0.2, 0) is 0 Å². The van der Waals surface area contributed by atoms with Crippen LogP contribution in [0.1, 0.15) is 46.0 Å². The number of rotatable bonds is 5. The van der Waals surface area contributed by atoms with E-state index in [1.54, 1.807) is 0 Å². The van der Waals surface area contributed by atoms with Gasteiger partial charge in [0, 0.05) is 26.7 Å². The topological polar surface area (TPSA) is 30.9 Å². The Hall–Kier alpha value is -0.770. The van der Waals surface area contributed by atoms with E-state index in [4.69, 9.17) is 0 Å². The molecule has 0 unspecified atom stereocenters. The Bertz CT molecular complexity index is 318. The normalized spacial score (nSPS) is 23.6. The van der Waals surface area contributed by atoms with Gasteiger partial charge in [-0.1, -0.05) is 13.8 Å². The second kappa shape index (κ2) is 7.30. The maximum atomic E-state index is 4.43. The predicted octanol–water partition coefficient (Wildman–Crippen LogP) is 2.17. The number of unbranched alkanes of at least 4 members (excludes halogenated alkanes) is 1. The number of nitrogens with one attached hydrogen (secondary N) is 1. The summed E-state index contributed by atoms with van der Waals surface area (Å²) in [6, 6.07) is 0. The molecule has 4 nitrogen and oxygen atoms in total. The number of likely N-dealkylation sites (tertiary alicyclic amines) is 2. The van der Waals surface area contributed by atoms with E-state index in [2.05, 4.69) is 34.0 Å². The van der Waals surface area contributed by atoms with Crippen LogP contribution in [0.3, 0.4) is 0 Å². The van der Waals surface area contributed by atoms with Gasteiger partial charge in [-0.05, 0) is 57.2 Å². The molecular weight excluding hydrogens is 248 g/mol. The fourth-order valence-corrected chi connectivity index (χ4v) is 3.29. The summed E-state index contributed by atoms with van der Waals surface area (Å²) in [5, 5.41) is 3.53. The van der Waals surface area contributed by atoms with Crippen molar-refractivity contribution in [3.8, 4) is 0 Å². The molecule has 0 bridgehead atoms. The Morgan fingerprint density at radius 2 is 1.90 bits per heavy atom. The first-order chi connectivity index (χ1) is 9.61. The predicted molar refractivity (Wildman–Crippen MR) is 86.2 cm³/mol. The summed E-state index contributed by atoms with van der Waals surface area (Å²) in [7, 11) is 1.90. The van der Waals surface area contributed by atoms with Crippen molar-refractivity contribution in [1.29, 1.82) is 0 Å². The summed E-state index contributed by atoms with van der Waals surface area (Å²) in [6.45, 7) is 11.9. The molecule has 2 heterocycles. The van der Waals surface area contributed by atoms with Gasteiger partial charge >= 0.3 is 0 Å². The summed E-state index contributed by atoms with van der Waals surface area (Å²) >= 11 is 0. The molecule has 0 saturated carbocycles. The minimum absolute atomic E-state index is 0.438. The molecule has 4 heteroatoms. The summed E-state index contributed by atoms with van der Waals surface area (Å²) in [6.07, 6.45) is 6.61. The zero-order valence-corrected chi connectivity index (χ0v) is 13.6. The SMILES string of the molecule is CN=C(NCCCCN1CCCC1)N1CCC(C)(C)C1. The molecule has 2 saturated heterocycles. The van der Waals surface area contributed by atoms with E-state index in [1.807, 2.05) is 7.05 Å². The molecule has 2 aliphatic heterocycles. The van der Waals surface area contributed by atoms with Crippen LogP contribution in [0.25, 0.3) is 0 Å². The average Bonchev–Trinajstić information content (AvgIpc) is 3.03. The van der Waals surface area contributed by atoms with Crippen molar-refractivity contribution in [2.45, 2.75) is 46.0 Å². The quantitative estimate of drug-likeness (QED) is 0.476. The summed E-state index contributed by atoms with van der Waals surface area (Å²) in [4.78, 5) is 9.43. The lowest BCUT2D eigenvalue weighted by atomic mass is 9.93. The molecule has 0 aliphatic carbocycles. The molecule has 0 aromatic heterocycles. The van der Waals surface area contributed by atoms with E-state index < -0.39 is 0 Å². The lowest BCUT2D eigenvalue weighted by Crippen LogP contribution is -2.41. The molecule has 0 amide bonds. The van der Waals surface area contributed by atoms with Crippen molar-refractivity contribution in [3.05, 3.63) is 0 Å². The van der Waals surface area contributed by atoms with Gasteiger partial charge in [-0.25, -0.2) is 0 Å². The fourth-order valence-electron chi connectivity index (χ4n) is 3.29. The smallest absolute Gasteiger partial charge is 0.193 e. The summed E-state index contributed by atoms with van der Waals surface area (Å²) in [5.41, 5.74) is 0.438. The molecule has 0 radical (unpaired) electrons. The Morgan fingerprint density at radius 1 is 1.15 bits per heavy atom. The molecular formula is C16H32N4. The van der Waals surface area contributed by atoms with Crippen LogP contribution >= 0.6 is 0 Å². The highest BCUT2D eigenvalue weighted by Crippen LogP contribution is 2.28. The Labute approximate surface area is 124 Å². The third-order valence-electron chi connectivity index (χ3n) is 4.57. The van der Waals surface area contributed by atoms with Gasteiger partial charge in [0.25, 0.3) is 0 Å². The molecule has 2 rings (SSSR count). The van der Waals surface area contributed by atoms with Crippen molar-refractivity contribution in [2.75, 3.05) is 46.3 Å². The monoisotopic (exact) mass is 280 g/mol. The van der Waals surface area contributed by atoms with Crippen molar-refractivity contribution in [2.24, 2.45) is 10.4 Å². The fraction of sp³-hybridized carbons (Fsp3) is 0.938. The first kappa shape index (κ1) is 15.6. The van der Waals surface area contributed by atoms with Gasteiger partial charge in [-0.3, -0.25) is 4.99 Å². The third kappa shape index (κ3) is 4.65. The summed E-state index contributed by atoms with van der Waals surface area (Å²) < 4.78 is 0. The van der Waals surface area contributed by atoms with Crippen LogP contribution in [0.4, 0.5) is 0 Å². The first-order valence-corrected chi connectivity index (χ1v) is 8.29. The molecule has 0 aromatic rings. The number of nitrogens with zero attached hydrogens (tertiary/aromatic N) is 3. The molecule has 0 atom stereocenters. The van der Waals surface area contributed by atoms with Crippen LogP contribution in [-0.4, -0.2) is 62.1 Å². The number of aliphatic imine (C=N–C) groups is 1. The molecule has 116 valence electrons. The van der Waals surface area contributed by atoms with Crippen molar-refractivity contribution >= 4 is 5.96 Å². The molecule has 0 spiro atoms. The van der Waals surface area contributed by atoms with E-state index in [-0.39, 0.29) is 0 Å². The van der Waals surface area contributed by atoms with E-state index in [1.165, 1.54) is 51.7 Å². The van der Waals surface area contributed by atoms with Crippen LogP contribution in [0.5, 0.6) is 0 Å². The van der Waals surface area contributed by atoms with Gasteiger partial charge < -0.3 is 15.1 Å². The van der Waals surface area contributed by atoms with E-state index >= 15 is 0 Å². The Morgan fingerprint density at radius 3 is 2.50 bits per heavy atom. The van der Waals surface area contributed by atoms with Gasteiger partial charge in [-0.2, -0.15) is 0 Å². The van der Waals surface area contributed by atoms with Gasteiger partial charge in [-0.15, -0.1) is 0 Å². The van der Waals surface area contributed by atoms with Gasteiger partial charge in [0.15, 0.2) is 5.96 Å². The van der Waals surface area contributed by atoms with Gasteiger partial charge in [0.2, 0.25) is 0 Å². The zero-order chi connectivity index (χ0) is 14.4. The summed E-state index contributed by atoms with van der Waals surface area (Å²) in [5.74, 6) is 1.09. The van der Waals surface area contributed by atoms with Crippen LogP contribution in [0.2, 0.25) is 0 Å². The first-order valence-electron chi connectivity index (χ1n) is 8.29. The maximum Gasteiger partial charge on any atom is 0.193 e. The largest absolute Gasteiger partial charge is 0.356 e. The molecule has 20 heavy (non-hydrogen) atoms. The van der Waals surface area contributed by atoms with E-state index in [0.717, 1.165) is 25.6 Å². The van der Waals surface area contributed by atoms with Crippen LogP contribution in [0, 0.1) is 5.41 Å². The highest BCUT2D eigenvalue weighted by Gasteiger charge is 2.30. The number of guanidine groups is 1.